The van der Waals surface area contributed by atoms with Crippen molar-refractivity contribution in [1.82, 2.24) is 0 Å². The van der Waals surface area contributed by atoms with Gasteiger partial charge in [0.2, 0.25) is 0 Å². The first-order valence-electron chi connectivity index (χ1n) is 4.79. The lowest BCUT2D eigenvalue weighted by atomic mass is 10.3. The van der Waals surface area contributed by atoms with Crippen LogP contribution in [-0.4, -0.2) is 19.1 Å². The standard InChI is InChI=1S/C10H15NO2S/c1-3-11(4-2)6-8-5-9(10(12)13)14-7-8/h5,7H,3-4,6H2,1-2H3,(H,12,13). The molecule has 0 saturated heterocycles. The van der Waals surface area contributed by atoms with Gasteiger partial charge >= 0.3 is 0 Å². The molecule has 0 fully saturated rings. The minimum absolute atomic E-state index is 0.326. The molecule has 1 N–H and O–H groups in total. The van der Waals surface area contributed by atoms with Gasteiger partial charge in [-0.15, -0.1) is 11.3 Å². The number of hydrogen-bond acceptors (Lipinski definition) is 3. The highest BCUT2D eigenvalue weighted by atomic mass is 32.1. The molecule has 1 rings (SSSR count). The quantitative estimate of drug-likeness (QED) is 0.719. The molecule has 0 radical (unpaired) electrons. The first-order chi connectivity index (χ1) is 6.67. The fourth-order valence-electron chi connectivity index (χ4n) is 1.36. The Morgan fingerprint density at radius 2 is 2.14 bits per heavy atom. The minimum Gasteiger partial charge on any atom is -0.544 e. The van der Waals surface area contributed by atoms with Crippen LogP contribution >= 0.6 is 11.3 Å². The summed E-state index contributed by atoms with van der Waals surface area (Å²) >= 11 is 1.25. The van der Waals surface area contributed by atoms with Gasteiger partial charge in [-0.3, -0.25) is 0 Å². The summed E-state index contributed by atoms with van der Waals surface area (Å²) in [5, 5.41) is 12.4. The molecule has 0 aliphatic carbocycles. The van der Waals surface area contributed by atoms with E-state index in [-0.39, 0.29) is 0 Å². The van der Waals surface area contributed by atoms with Crippen molar-refractivity contribution < 1.29 is 14.8 Å². The van der Waals surface area contributed by atoms with Crippen molar-refractivity contribution in [2.45, 2.75) is 20.4 Å². The van der Waals surface area contributed by atoms with Crippen LogP contribution in [0.4, 0.5) is 0 Å². The van der Waals surface area contributed by atoms with Gasteiger partial charge in [-0.05, 0) is 19.9 Å². The SMILES string of the molecule is CC[NH+](CC)Cc1csc(C(=O)[O-])c1. The molecule has 78 valence electrons. The van der Waals surface area contributed by atoms with Gasteiger partial charge in [-0.2, -0.15) is 0 Å². The molecule has 14 heavy (non-hydrogen) atoms. The zero-order valence-electron chi connectivity index (χ0n) is 8.50. The highest BCUT2D eigenvalue weighted by Gasteiger charge is 2.06. The fraction of sp³-hybridized carbons (Fsp3) is 0.500. The Hall–Kier alpha value is -0.870. The Bertz CT molecular complexity index is 305. The summed E-state index contributed by atoms with van der Waals surface area (Å²) in [5.41, 5.74) is 1.09. The maximum Gasteiger partial charge on any atom is 0.104 e. The molecule has 0 saturated carbocycles. The smallest absolute Gasteiger partial charge is 0.104 e. The van der Waals surface area contributed by atoms with E-state index in [0.717, 1.165) is 25.2 Å². The van der Waals surface area contributed by atoms with E-state index in [2.05, 4.69) is 13.8 Å². The minimum atomic E-state index is -1.07. The van der Waals surface area contributed by atoms with Gasteiger partial charge in [-0.1, -0.05) is 0 Å². The molecular formula is C10H15NO2S. The molecule has 1 heterocycles. The molecule has 0 aromatic carbocycles. The van der Waals surface area contributed by atoms with Gasteiger partial charge in [0.05, 0.1) is 23.9 Å². The number of thiophene rings is 1. The Labute approximate surface area is 88.0 Å². The van der Waals surface area contributed by atoms with Crippen LogP contribution in [0.15, 0.2) is 11.4 Å². The molecule has 0 unspecified atom stereocenters. The van der Waals surface area contributed by atoms with Crippen LogP contribution in [0, 0.1) is 0 Å². The van der Waals surface area contributed by atoms with Gasteiger partial charge in [0.25, 0.3) is 0 Å². The van der Waals surface area contributed by atoms with Gasteiger partial charge in [0.1, 0.15) is 6.54 Å². The summed E-state index contributed by atoms with van der Waals surface area (Å²) < 4.78 is 0. The second-order valence-corrected chi connectivity index (χ2v) is 4.15. The number of hydrogen-bond donors (Lipinski definition) is 1. The van der Waals surface area contributed by atoms with Crippen molar-refractivity contribution in [2.24, 2.45) is 0 Å². The molecular weight excluding hydrogens is 198 g/mol. The maximum atomic E-state index is 10.5. The summed E-state index contributed by atoms with van der Waals surface area (Å²) in [6, 6.07) is 1.71. The van der Waals surface area contributed by atoms with Crippen LogP contribution in [0.1, 0.15) is 29.1 Å². The average Bonchev–Trinajstić information content (AvgIpc) is 2.62. The van der Waals surface area contributed by atoms with E-state index in [1.165, 1.54) is 16.2 Å². The lowest BCUT2D eigenvalue weighted by molar-refractivity contribution is -0.910. The Kier molecular flexibility index (Phi) is 4.10. The van der Waals surface area contributed by atoms with Gasteiger partial charge in [0.15, 0.2) is 0 Å². The highest BCUT2D eigenvalue weighted by Crippen LogP contribution is 2.12. The number of quaternary nitrogens is 1. The molecule has 0 amide bonds. The largest absolute Gasteiger partial charge is 0.544 e. The number of carboxylic acid groups (broad SMARTS) is 1. The Morgan fingerprint density at radius 1 is 1.50 bits per heavy atom. The molecule has 0 aliphatic rings. The van der Waals surface area contributed by atoms with Crippen LogP contribution in [0.2, 0.25) is 0 Å². The molecule has 0 spiro atoms. The molecule has 1 aromatic rings. The third-order valence-electron chi connectivity index (χ3n) is 2.31. The zero-order chi connectivity index (χ0) is 10.6. The third kappa shape index (κ3) is 2.82. The predicted molar refractivity (Wildman–Crippen MR) is 54.4 cm³/mol. The van der Waals surface area contributed by atoms with Crippen molar-refractivity contribution in [3.63, 3.8) is 0 Å². The highest BCUT2D eigenvalue weighted by molar-refractivity contribution is 7.12. The summed E-state index contributed by atoms with van der Waals surface area (Å²) in [7, 11) is 0. The van der Waals surface area contributed by atoms with E-state index < -0.39 is 5.97 Å². The topological polar surface area (TPSA) is 44.6 Å². The molecule has 0 bridgehead atoms. The summed E-state index contributed by atoms with van der Waals surface area (Å²) in [5.74, 6) is -1.07. The maximum absolute atomic E-state index is 10.5. The zero-order valence-corrected chi connectivity index (χ0v) is 9.32. The van der Waals surface area contributed by atoms with Crippen LogP contribution in [0.25, 0.3) is 0 Å². The second kappa shape index (κ2) is 5.12. The number of nitrogens with one attached hydrogen (secondary N) is 1. The normalized spacial score (nSPS) is 10.8. The number of aromatic carboxylic acids is 1. The van der Waals surface area contributed by atoms with Crippen LogP contribution < -0.4 is 10.0 Å². The lowest BCUT2D eigenvalue weighted by Gasteiger charge is -2.13. The van der Waals surface area contributed by atoms with E-state index in [4.69, 9.17) is 0 Å². The average molecular weight is 213 g/mol. The van der Waals surface area contributed by atoms with Crippen LogP contribution in [-0.2, 0) is 6.54 Å². The second-order valence-electron chi connectivity index (χ2n) is 3.24. The van der Waals surface area contributed by atoms with Gasteiger partial charge in [0, 0.05) is 10.9 Å². The molecule has 3 nitrogen and oxygen atoms in total. The summed E-state index contributed by atoms with van der Waals surface area (Å²) in [6.07, 6.45) is 0. The van der Waals surface area contributed by atoms with Crippen molar-refractivity contribution in [2.75, 3.05) is 13.1 Å². The van der Waals surface area contributed by atoms with E-state index >= 15 is 0 Å². The monoisotopic (exact) mass is 213 g/mol. The van der Waals surface area contributed by atoms with Crippen molar-refractivity contribution >= 4 is 17.3 Å². The Balaban J connectivity index is 2.63. The van der Waals surface area contributed by atoms with E-state index in [9.17, 15) is 9.90 Å². The van der Waals surface area contributed by atoms with Crippen molar-refractivity contribution in [1.29, 1.82) is 0 Å². The molecule has 4 heteroatoms. The first kappa shape index (κ1) is 11.2. The molecule has 1 aromatic heterocycles. The van der Waals surface area contributed by atoms with Crippen LogP contribution in [0.3, 0.4) is 0 Å². The first-order valence-corrected chi connectivity index (χ1v) is 5.67. The number of rotatable bonds is 5. The van der Waals surface area contributed by atoms with E-state index in [0.29, 0.717) is 4.88 Å². The number of carbonyl (C=O) groups excluding carboxylic acids is 1. The summed E-state index contributed by atoms with van der Waals surface area (Å²) in [6.45, 7) is 7.28. The van der Waals surface area contributed by atoms with Crippen molar-refractivity contribution in [3.8, 4) is 0 Å². The molecule has 0 aliphatic heterocycles. The van der Waals surface area contributed by atoms with Gasteiger partial charge < -0.3 is 14.8 Å². The van der Waals surface area contributed by atoms with Crippen molar-refractivity contribution in [3.05, 3.63) is 21.9 Å². The van der Waals surface area contributed by atoms with E-state index in [1.807, 2.05) is 5.38 Å². The lowest BCUT2D eigenvalue weighted by Crippen LogP contribution is -3.10. The van der Waals surface area contributed by atoms with Crippen LogP contribution in [0.5, 0.6) is 0 Å². The number of carboxylic acids is 1. The number of carbonyl (C=O) groups is 1. The van der Waals surface area contributed by atoms with E-state index in [1.54, 1.807) is 6.07 Å². The Morgan fingerprint density at radius 3 is 2.57 bits per heavy atom. The fourth-order valence-corrected chi connectivity index (χ4v) is 2.11. The van der Waals surface area contributed by atoms with Gasteiger partial charge in [-0.25, -0.2) is 0 Å². The molecule has 0 atom stereocenters. The predicted octanol–water partition coefficient (Wildman–Crippen LogP) is -0.464. The third-order valence-corrected chi connectivity index (χ3v) is 3.27. The summed E-state index contributed by atoms with van der Waals surface area (Å²) in [4.78, 5) is 12.3.